The molecular formula is C14H17N5O3. The van der Waals surface area contributed by atoms with Gasteiger partial charge >= 0.3 is 0 Å². The van der Waals surface area contributed by atoms with Crippen LogP contribution in [0, 0.1) is 0 Å². The van der Waals surface area contributed by atoms with Crippen LogP contribution >= 0.6 is 0 Å². The summed E-state index contributed by atoms with van der Waals surface area (Å²) in [6.07, 6.45) is 9.49. The van der Waals surface area contributed by atoms with Crippen LogP contribution in [0.25, 0.3) is 0 Å². The van der Waals surface area contributed by atoms with Crippen molar-refractivity contribution in [1.82, 2.24) is 9.78 Å². The predicted molar refractivity (Wildman–Crippen MR) is 77.2 cm³/mol. The van der Waals surface area contributed by atoms with E-state index in [9.17, 15) is 9.59 Å². The first-order valence-electron chi connectivity index (χ1n) is 7.28. The molecule has 0 bridgehead atoms. The molecule has 3 rings (SSSR count). The molecule has 0 saturated carbocycles. The highest BCUT2D eigenvalue weighted by Gasteiger charge is 2.19. The zero-order valence-corrected chi connectivity index (χ0v) is 12.0. The first kappa shape index (κ1) is 14.6. The summed E-state index contributed by atoms with van der Waals surface area (Å²) in [5.41, 5.74) is 0.585. The van der Waals surface area contributed by atoms with Crippen LogP contribution in [-0.4, -0.2) is 40.3 Å². The largest absolute Gasteiger partial charge is 0.376 e. The van der Waals surface area contributed by atoms with Crippen LogP contribution < -0.4 is 5.32 Å². The number of hydrogen-bond donors (Lipinski definition) is 1. The first-order chi connectivity index (χ1) is 10.7. The number of hydrogen-bond acceptors (Lipinski definition) is 5. The molecule has 1 saturated heterocycles. The topological polar surface area (TPSA) is 97.9 Å². The quantitative estimate of drug-likeness (QED) is 0.906. The fraction of sp³-hybridized carbons (Fsp3) is 0.500. The fourth-order valence-corrected chi connectivity index (χ4v) is 2.41. The number of amides is 2. The lowest BCUT2D eigenvalue weighted by Gasteiger charge is -2.22. The van der Waals surface area contributed by atoms with E-state index in [4.69, 9.17) is 4.74 Å². The van der Waals surface area contributed by atoms with E-state index < -0.39 is 11.9 Å². The van der Waals surface area contributed by atoms with E-state index in [0.29, 0.717) is 12.2 Å². The van der Waals surface area contributed by atoms with Crippen molar-refractivity contribution in [2.24, 2.45) is 10.2 Å². The maximum atomic E-state index is 12.0. The Balaban J connectivity index is 1.55. The predicted octanol–water partition coefficient (Wildman–Crippen LogP) is 1.31. The Morgan fingerprint density at radius 3 is 3.09 bits per heavy atom. The first-order valence-corrected chi connectivity index (χ1v) is 7.28. The van der Waals surface area contributed by atoms with E-state index in [1.165, 1.54) is 18.6 Å². The molecule has 2 unspecified atom stereocenters. The van der Waals surface area contributed by atoms with Crippen molar-refractivity contribution in [3.05, 3.63) is 24.5 Å². The Kier molecular flexibility index (Phi) is 4.38. The number of azo groups is 1. The molecule has 2 atom stereocenters. The number of carbonyl (C=O) groups is 2. The molecule has 8 nitrogen and oxygen atoms in total. The van der Waals surface area contributed by atoms with E-state index in [0.717, 1.165) is 19.4 Å². The number of anilines is 1. The van der Waals surface area contributed by atoms with Crippen molar-refractivity contribution in [3.63, 3.8) is 0 Å². The number of rotatable bonds is 4. The van der Waals surface area contributed by atoms with E-state index in [1.54, 1.807) is 17.1 Å². The van der Waals surface area contributed by atoms with E-state index >= 15 is 0 Å². The number of nitrogens with zero attached hydrogens (tertiary/aromatic N) is 4. The van der Waals surface area contributed by atoms with Gasteiger partial charge in [-0.3, -0.25) is 14.3 Å². The zero-order valence-electron chi connectivity index (χ0n) is 12.0. The molecule has 116 valence electrons. The molecule has 8 heteroatoms. The summed E-state index contributed by atoms with van der Waals surface area (Å²) in [6, 6.07) is -0.775. The van der Waals surface area contributed by atoms with Gasteiger partial charge < -0.3 is 10.1 Å². The van der Waals surface area contributed by atoms with Gasteiger partial charge in [-0.25, -0.2) is 0 Å². The normalized spacial score (nSPS) is 24.5. The third-order valence-electron chi connectivity index (χ3n) is 3.54. The van der Waals surface area contributed by atoms with Gasteiger partial charge in [0.25, 0.3) is 11.8 Å². The van der Waals surface area contributed by atoms with Gasteiger partial charge in [0.15, 0.2) is 6.04 Å². The molecule has 0 aliphatic carbocycles. The molecule has 1 N–H and O–H groups in total. The van der Waals surface area contributed by atoms with Gasteiger partial charge in [-0.2, -0.15) is 10.2 Å². The van der Waals surface area contributed by atoms with Gasteiger partial charge in [-0.05, 0) is 25.3 Å². The van der Waals surface area contributed by atoms with Gasteiger partial charge in [-0.1, -0.05) is 0 Å². The van der Waals surface area contributed by atoms with Gasteiger partial charge in [0.1, 0.15) is 0 Å². The average molecular weight is 303 g/mol. The van der Waals surface area contributed by atoms with Crippen LogP contribution in [0.2, 0.25) is 0 Å². The fourth-order valence-electron chi connectivity index (χ4n) is 2.41. The number of ether oxygens (including phenoxy) is 1. The van der Waals surface area contributed by atoms with Gasteiger partial charge in [-0.15, -0.1) is 5.11 Å². The van der Waals surface area contributed by atoms with E-state index in [2.05, 4.69) is 20.6 Å². The van der Waals surface area contributed by atoms with Crippen molar-refractivity contribution in [2.45, 2.75) is 38.0 Å². The lowest BCUT2D eigenvalue weighted by Crippen LogP contribution is -2.26. The summed E-state index contributed by atoms with van der Waals surface area (Å²) < 4.78 is 7.42. The van der Waals surface area contributed by atoms with Crippen molar-refractivity contribution in [1.29, 1.82) is 0 Å². The van der Waals surface area contributed by atoms with Crippen molar-refractivity contribution >= 4 is 17.5 Å². The molecule has 1 fully saturated rings. The van der Waals surface area contributed by atoms with Crippen molar-refractivity contribution in [3.8, 4) is 0 Å². The Labute approximate surface area is 127 Å². The number of nitrogens with one attached hydrogen (secondary N) is 1. The lowest BCUT2D eigenvalue weighted by molar-refractivity contribution is -0.117. The minimum absolute atomic E-state index is 0.179. The molecule has 0 spiro atoms. The maximum Gasteiger partial charge on any atom is 0.287 e. The second-order valence-electron chi connectivity index (χ2n) is 5.29. The monoisotopic (exact) mass is 303 g/mol. The summed E-state index contributed by atoms with van der Waals surface area (Å²) in [4.78, 5) is 22.9. The second-order valence-corrected chi connectivity index (χ2v) is 5.29. The van der Waals surface area contributed by atoms with Crippen LogP contribution in [-0.2, 0) is 20.9 Å². The molecule has 0 aromatic carbocycles. The molecule has 2 aliphatic heterocycles. The Morgan fingerprint density at radius 2 is 2.36 bits per heavy atom. The molecule has 0 radical (unpaired) electrons. The minimum atomic E-state index is -0.775. The standard InChI is InChI=1S/C14H17N5O3/c20-13-5-4-12(17-18-13)14(21)16-10-7-15-19(8-10)9-11-3-1-2-6-22-11/h4-5,7-8,11-12H,1-3,6,9H2,(H,16,21). The Morgan fingerprint density at radius 1 is 1.45 bits per heavy atom. The molecule has 2 aliphatic rings. The molecule has 1 aromatic heterocycles. The smallest absolute Gasteiger partial charge is 0.287 e. The van der Waals surface area contributed by atoms with E-state index in [1.807, 2.05) is 0 Å². The highest BCUT2D eigenvalue weighted by atomic mass is 16.5. The minimum Gasteiger partial charge on any atom is -0.376 e. The van der Waals surface area contributed by atoms with Gasteiger partial charge in [0.05, 0.1) is 24.5 Å². The van der Waals surface area contributed by atoms with Crippen LogP contribution in [0.5, 0.6) is 0 Å². The summed E-state index contributed by atoms with van der Waals surface area (Å²) >= 11 is 0. The summed E-state index contributed by atoms with van der Waals surface area (Å²) in [5, 5.41) is 13.9. The van der Waals surface area contributed by atoms with Crippen LogP contribution in [0.15, 0.2) is 34.8 Å². The lowest BCUT2D eigenvalue weighted by atomic mass is 10.1. The van der Waals surface area contributed by atoms with Crippen molar-refractivity contribution in [2.75, 3.05) is 11.9 Å². The summed E-state index contributed by atoms with van der Waals surface area (Å²) in [7, 11) is 0. The highest BCUT2D eigenvalue weighted by molar-refractivity contribution is 5.98. The maximum absolute atomic E-state index is 12.0. The van der Waals surface area contributed by atoms with Gasteiger partial charge in [0.2, 0.25) is 0 Å². The average Bonchev–Trinajstić information content (AvgIpc) is 2.96. The van der Waals surface area contributed by atoms with Gasteiger partial charge in [0, 0.05) is 18.9 Å². The zero-order chi connectivity index (χ0) is 15.4. The van der Waals surface area contributed by atoms with Crippen LogP contribution in [0.3, 0.4) is 0 Å². The third kappa shape index (κ3) is 3.64. The number of carbonyl (C=O) groups excluding carboxylic acids is 2. The molecule has 22 heavy (non-hydrogen) atoms. The third-order valence-corrected chi connectivity index (χ3v) is 3.54. The Hall–Kier alpha value is -2.35. The number of aromatic nitrogens is 2. The highest BCUT2D eigenvalue weighted by Crippen LogP contribution is 2.15. The molecule has 2 amide bonds. The summed E-state index contributed by atoms with van der Waals surface area (Å²) in [5.74, 6) is -0.801. The van der Waals surface area contributed by atoms with E-state index in [-0.39, 0.29) is 12.0 Å². The second kappa shape index (κ2) is 6.61. The molecule has 1 aromatic rings. The SMILES string of the molecule is O=C1C=CC(C(=O)Nc2cnn(CC3CCCCO3)c2)N=N1. The summed E-state index contributed by atoms with van der Waals surface area (Å²) in [6.45, 7) is 1.47. The van der Waals surface area contributed by atoms with Crippen LogP contribution in [0.1, 0.15) is 19.3 Å². The molecule has 3 heterocycles. The Bertz CT molecular complexity index is 600. The van der Waals surface area contributed by atoms with Crippen molar-refractivity contribution < 1.29 is 14.3 Å². The van der Waals surface area contributed by atoms with Crippen LogP contribution in [0.4, 0.5) is 5.69 Å². The molecular weight excluding hydrogens is 286 g/mol.